The number of carbonyl (C=O) groups is 3. The summed E-state index contributed by atoms with van der Waals surface area (Å²) in [6.07, 6.45) is 0.153. The first-order chi connectivity index (χ1) is 14.3. The number of nitrogens with one attached hydrogen (secondary N) is 1. The number of halogens is 1. The van der Waals surface area contributed by atoms with Crippen molar-refractivity contribution in [1.82, 2.24) is 5.32 Å². The molecule has 0 aliphatic heterocycles. The number of thiophene rings is 1. The Kier molecular flexibility index (Phi) is 7.39. The standard InChI is InChI=1S/C23H22BrNO4S/c1-14(2)22(23(28)29-13-18(26)19-10-11-20(24)30-19)25-21(27)12-16-8-5-7-15-6-3-4-9-17(15)16/h3-11,14,22H,12-13H2,1-2H3,(H,25,27)/t22-/m0/s1. The molecule has 1 heterocycles. The van der Waals surface area contributed by atoms with Crippen molar-refractivity contribution in [2.24, 2.45) is 5.92 Å². The van der Waals surface area contributed by atoms with E-state index in [9.17, 15) is 14.4 Å². The lowest BCUT2D eigenvalue weighted by atomic mass is 10.0. The Balaban J connectivity index is 1.62. The molecule has 0 aliphatic carbocycles. The van der Waals surface area contributed by atoms with Gasteiger partial charge in [-0.15, -0.1) is 11.3 Å². The molecule has 0 fully saturated rings. The summed E-state index contributed by atoms with van der Waals surface area (Å²) in [4.78, 5) is 37.9. The van der Waals surface area contributed by atoms with Gasteiger partial charge in [-0.1, -0.05) is 56.3 Å². The first kappa shape index (κ1) is 22.2. The average Bonchev–Trinajstić information content (AvgIpc) is 3.16. The van der Waals surface area contributed by atoms with Gasteiger partial charge in [0.05, 0.1) is 15.1 Å². The van der Waals surface area contributed by atoms with Crippen LogP contribution in [0.25, 0.3) is 10.8 Å². The second-order valence-corrected chi connectivity index (χ2v) is 9.70. The molecule has 3 rings (SSSR count). The molecule has 0 spiro atoms. The lowest BCUT2D eigenvalue weighted by molar-refractivity contribution is -0.148. The number of benzene rings is 2. The molecule has 1 N–H and O–H groups in total. The second kappa shape index (κ2) is 10.00. The van der Waals surface area contributed by atoms with Crippen LogP contribution >= 0.6 is 27.3 Å². The van der Waals surface area contributed by atoms with Gasteiger partial charge in [-0.05, 0) is 50.3 Å². The predicted octanol–water partition coefficient (Wildman–Crippen LogP) is 4.77. The van der Waals surface area contributed by atoms with Crippen molar-refractivity contribution in [3.05, 3.63) is 68.8 Å². The minimum Gasteiger partial charge on any atom is -0.456 e. The van der Waals surface area contributed by atoms with Crippen LogP contribution in [0.15, 0.2) is 58.4 Å². The van der Waals surface area contributed by atoms with E-state index in [0.29, 0.717) is 4.88 Å². The number of rotatable bonds is 8. The lowest BCUT2D eigenvalue weighted by Crippen LogP contribution is -2.46. The third-order valence-corrected chi connectivity index (χ3v) is 6.33. The Bertz CT molecular complexity index is 1070. The number of hydrogen-bond donors (Lipinski definition) is 1. The highest BCUT2D eigenvalue weighted by Gasteiger charge is 2.26. The van der Waals surface area contributed by atoms with Gasteiger partial charge >= 0.3 is 5.97 Å². The zero-order valence-electron chi connectivity index (χ0n) is 16.7. The van der Waals surface area contributed by atoms with E-state index in [2.05, 4.69) is 21.2 Å². The molecule has 7 heteroatoms. The van der Waals surface area contributed by atoms with Gasteiger partial charge in [0.2, 0.25) is 11.7 Å². The molecule has 0 aliphatic rings. The van der Waals surface area contributed by atoms with Gasteiger partial charge in [-0.2, -0.15) is 0 Å². The zero-order chi connectivity index (χ0) is 21.7. The molecule has 0 saturated heterocycles. The van der Waals surface area contributed by atoms with Gasteiger partial charge in [0, 0.05) is 0 Å². The highest BCUT2D eigenvalue weighted by Crippen LogP contribution is 2.22. The quantitative estimate of drug-likeness (QED) is 0.366. The van der Waals surface area contributed by atoms with Crippen molar-refractivity contribution >= 4 is 55.7 Å². The van der Waals surface area contributed by atoms with Gasteiger partial charge in [0.15, 0.2) is 6.61 Å². The second-order valence-electron chi connectivity index (χ2n) is 7.24. The Labute approximate surface area is 187 Å². The van der Waals surface area contributed by atoms with Crippen molar-refractivity contribution in [1.29, 1.82) is 0 Å². The van der Waals surface area contributed by atoms with Crippen LogP contribution in [0.5, 0.6) is 0 Å². The van der Waals surface area contributed by atoms with Crippen LogP contribution in [0.2, 0.25) is 0 Å². The van der Waals surface area contributed by atoms with Crippen LogP contribution in [0.3, 0.4) is 0 Å². The number of carbonyl (C=O) groups excluding carboxylic acids is 3. The molecule has 156 valence electrons. The Morgan fingerprint density at radius 1 is 1.03 bits per heavy atom. The van der Waals surface area contributed by atoms with Crippen LogP contribution in [0.1, 0.15) is 29.1 Å². The van der Waals surface area contributed by atoms with Gasteiger partial charge in [0.1, 0.15) is 6.04 Å². The molecule has 0 saturated carbocycles. The van der Waals surface area contributed by atoms with Crippen LogP contribution < -0.4 is 5.32 Å². The molecule has 1 amide bonds. The molecule has 5 nitrogen and oxygen atoms in total. The largest absolute Gasteiger partial charge is 0.456 e. The Morgan fingerprint density at radius 2 is 1.77 bits per heavy atom. The van der Waals surface area contributed by atoms with Gasteiger partial charge < -0.3 is 10.1 Å². The van der Waals surface area contributed by atoms with E-state index in [4.69, 9.17) is 4.74 Å². The van der Waals surface area contributed by atoms with E-state index < -0.39 is 12.0 Å². The molecule has 3 aromatic rings. The fraction of sp³-hybridized carbons (Fsp3) is 0.261. The molecule has 2 aromatic carbocycles. The third kappa shape index (κ3) is 5.55. The minimum atomic E-state index is -0.824. The number of amides is 1. The summed E-state index contributed by atoms with van der Waals surface area (Å²) in [5.41, 5.74) is 0.889. The normalized spacial score (nSPS) is 12.0. The fourth-order valence-corrected chi connectivity index (χ4v) is 4.41. The number of ether oxygens (including phenoxy) is 1. The van der Waals surface area contributed by atoms with E-state index in [-0.39, 0.29) is 30.6 Å². The van der Waals surface area contributed by atoms with Gasteiger partial charge in [0.25, 0.3) is 0 Å². The molecule has 30 heavy (non-hydrogen) atoms. The van der Waals surface area contributed by atoms with Crippen molar-refractivity contribution in [3.8, 4) is 0 Å². The smallest absolute Gasteiger partial charge is 0.329 e. The summed E-state index contributed by atoms with van der Waals surface area (Å²) in [5, 5.41) is 4.83. The van der Waals surface area contributed by atoms with Crippen molar-refractivity contribution in [2.75, 3.05) is 6.61 Å². The summed E-state index contributed by atoms with van der Waals surface area (Å²) >= 11 is 4.58. The number of Topliss-reactive ketones (excluding diaryl/α,β-unsaturated/α-hetero) is 1. The fourth-order valence-electron chi connectivity index (χ4n) is 3.10. The maximum absolute atomic E-state index is 12.6. The van der Waals surface area contributed by atoms with Crippen molar-refractivity contribution in [2.45, 2.75) is 26.3 Å². The maximum atomic E-state index is 12.6. The van der Waals surface area contributed by atoms with Gasteiger partial charge in [-0.3, -0.25) is 9.59 Å². The molecule has 0 bridgehead atoms. The third-order valence-electron chi connectivity index (χ3n) is 4.66. The predicted molar refractivity (Wildman–Crippen MR) is 122 cm³/mol. The summed E-state index contributed by atoms with van der Waals surface area (Å²) < 4.78 is 6.03. The summed E-state index contributed by atoms with van der Waals surface area (Å²) in [6.45, 7) is 3.29. The first-order valence-electron chi connectivity index (χ1n) is 9.56. The van der Waals surface area contributed by atoms with E-state index in [0.717, 1.165) is 20.1 Å². The van der Waals surface area contributed by atoms with E-state index in [1.165, 1.54) is 11.3 Å². The molecule has 1 aromatic heterocycles. The molecular formula is C23H22BrNO4S. The molecule has 0 unspecified atom stereocenters. The number of esters is 1. The SMILES string of the molecule is CC(C)[C@H](NC(=O)Cc1cccc2ccccc12)C(=O)OCC(=O)c1ccc(Br)s1. The summed E-state index contributed by atoms with van der Waals surface area (Å²) in [5.74, 6) is -1.33. The average molecular weight is 488 g/mol. The number of fused-ring (bicyclic) bond motifs is 1. The topological polar surface area (TPSA) is 72.5 Å². The van der Waals surface area contributed by atoms with E-state index in [1.807, 2.05) is 56.3 Å². The van der Waals surface area contributed by atoms with Crippen LogP contribution in [-0.4, -0.2) is 30.3 Å². The minimum absolute atomic E-state index is 0.153. The van der Waals surface area contributed by atoms with Crippen LogP contribution in [-0.2, 0) is 20.7 Å². The molecular weight excluding hydrogens is 466 g/mol. The maximum Gasteiger partial charge on any atom is 0.329 e. The molecule has 0 radical (unpaired) electrons. The first-order valence-corrected chi connectivity index (χ1v) is 11.2. The van der Waals surface area contributed by atoms with Crippen LogP contribution in [0.4, 0.5) is 0 Å². The van der Waals surface area contributed by atoms with Crippen molar-refractivity contribution < 1.29 is 19.1 Å². The van der Waals surface area contributed by atoms with Gasteiger partial charge in [-0.25, -0.2) is 4.79 Å². The summed E-state index contributed by atoms with van der Waals surface area (Å²) in [7, 11) is 0. The molecule has 1 atom stereocenters. The van der Waals surface area contributed by atoms with Crippen molar-refractivity contribution in [3.63, 3.8) is 0 Å². The summed E-state index contributed by atoms with van der Waals surface area (Å²) in [6, 6.07) is 16.3. The Morgan fingerprint density at radius 3 is 2.47 bits per heavy atom. The van der Waals surface area contributed by atoms with E-state index in [1.54, 1.807) is 12.1 Å². The number of ketones is 1. The lowest BCUT2D eigenvalue weighted by Gasteiger charge is -2.21. The number of hydrogen-bond acceptors (Lipinski definition) is 5. The highest BCUT2D eigenvalue weighted by molar-refractivity contribution is 9.11. The highest BCUT2D eigenvalue weighted by atomic mass is 79.9. The Hall–Kier alpha value is -2.51. The van der Waals surface area contributed by atoms with Crippen LogP contribution in [0, 0.1) is 5.92 Å². The monoisotopic (exact) mass is 487 g/mol. The van der Waals surface area contributed by atoms with E-state index >= 15 is 0 Å². The zero-order valence-corrected chi connectivity index (χ0v) is 19.1.